The van der Waals surface area contributed by atoms with Gasteiger partial charge in [0.15, 0.2) is 14.1 Å². The van der Waals surface area contributed by atoms with Crippen molar-refractivity contribution in [2.75, 3.05) is 0 Å². The maximum Gasteiger partial charge on any atom is 0.192 e. The molecule has 0 aromatic carbocycles. The molecule has 0 spiro atoms. The quantitative estimate of drug-likeness (QED) is 0.613. The standard InChI is InChI=1S/C17H29BrO3Si/c1-11-12(10-18)9-13(21-22(7,8)16(2,3)4)15-14(11)19-17(5,6)20-15/h10,13-15H,1,9H2,2-8H3/b12-10+/t13-,14-,15+/m1/s1. The van der Waals surface area contributed by atoms with Crippen LogP contribution >= 0.6 is 15.9 Å². The monoisotopic (exact) mass is 388 g/mol. The molecule has 126 valence electrons. The first-order valence-corrected chi connectivity index (χ1v) is 11.7. The molecule has 0 amide bonds. The molecule has 1 heterocycles. The fourth-order valence-corrected chi connectivity index (χ4v) is 4.56. The molecule has 0 aromatic rings. The fourth-order valence-electron chi connectivity index (χ4n) is 2.76. The van der Waals surface area contributed by atoms with Crippen molar-refractivity contribution in [2.24, 2.45) is 0 Å². The topological polar surface area (TPSA) is 27.7 Å². The molecule has 1 saturated heterocycles. The summed E-state index contributed by atoms with van der Waals surface area (Å²) < 4.78 is 18.9. The van der Waals surface area contributed by atoms with Crippen molar-refractivity contribution in [1.82, 2.24) is 0 Å². The maximum absolute atomic E-state index is 6.66. The summed E-state index contributed by atoms with van der Waals surface area (Å²) in [5, 5.41) is 0.171. The lowest BCUT2D eigenvalue weighted by Crippen LogP contribution is -2.51. The smallest absolute Gasteiger partial charge is 0.192 e. The van der Waals surface area contributed by atoms with Gasteiger partial charge >= 0.3 is 0 Å². The fraction of sp³-hybridized carbons (Fsp3) is 0.765. The average molecular weight is 389 g/mol. The van der Waals surface area contributed by atoms with Gasteiger partial charge in [-0.05, 0) is 48.1 Å². The molecular formula is C17H29BrO3Si. The summed E-state index contributed by atoms with van der Waals surface area (Å²) in [4.78, 5) is 1.95. The molecule has 3 nitrogen and oxygen atoms in total. The molecule has 3 atom stereocenters. The van der Waals surface area contributed by atoms with Crippen LogP contribution in [0, 0.1) is 0 Å². The van der Waals surface area contributed by atoms with E-state index in [1.165, 1.54) is 0 Å². The first-order valence-electron chi connectivity index (χ1n) is 7.90. The third-order valence-corrected chi connectivity index (χ3v) is 10.1. The maximum atomic E-state index is 6.66. The molecule has 22 heavy (non-hydrogen) atoms. The van der Waals surface area contributed by atoms with Crippen molar-refractivity contribution in [2.45, 2.75) is 83.3 Å². The molecule has 0 unspecified atom stereocenters. The van der Waals surface area contributed by atoms with E-state index in [0.717, 1.165) is 17.6 Å². The first-order chi connectivity index (χ1) is 9.88. The Morgan fingerprint density at radius 1 is 1.32 bits per heavy atom. The second-order valence-electron chi connectivity index (χ2n) is 8.30. The van der Waals surface area contributed by atoms with Crippen LogP contribution in [-0.2, 0) is 13.9 Å². The van der Waals surface area contributed by atoms with E-state index in [1.807, 2.05) is 18.8 Å². The van der Waals surface area contributed by atoms with Crippen molar-refractivity contribution < 1.29 is 13.9 Å². The zero-order chi connectivity index (χ0) is 16.9. The molecule has 1 aliphatic heterocycles. The van der Waals surface area contributed by atoms with Gasteiger partial charge in [-0.3, -0.25) is 0 Å². The van der Waals surface area contributed by atoms with Gasteiger partial charge in [0.25, 0.3) is 0 Å². The number of hydrogen-bond donors (Lipinski definition) is 0. The molecule has 1 aliphatic carbocycles. The molecule has 2 fully saturated rings. The van der Waals surface area contributed by atoms with Crippen LogP contribution in [0.4, 0.5) is 0 Å². The molecule has 0 aromatic heterocycles. The Labute approximate surface area is 144 Å². The van der Waals surface area contributed by atoms with Gasteiger partial charge in [-0.15, -0.1) is 0 Å². The zero-order valence-corrected chi connectivity index (χ0v) is 17.4. The van der Waals surface area contributed by atoms with Crippen LogP contribution in [0.3, 0.4) is 0 Å². The Hall–Kier alpha value is 0.0569. The molecule has 2 rings (SSSR count). The van der Waals surface area contributed by atoms with E-state index in [-0.39, 0.29) is 23.4 Å². The summed E-state index contributed by atoms with van der Waals surface area (Å²) in [5.41, 5.74) is 2.16. The van der Waals surface area contributed by atoms with Crippen LogP contribution < -0.4 is 0 Å². The predicted molar refractivity (Wildman–Crippen MR) is 96.7 cm³/mol. The highest BCUT2D eigenvalue weighted by Gasteiger charge is 2.52. The van der Waals surface area contributed by atoms with Crippen LogP contribution in [-0.4, -0.2) is 32.4 Å². The predicted octanol–water partition coefficient (Wildman–Crippen LogP) is 5.14. The summed E-state index contributed by atoms with van der Waals surface area (Å²) in [6.07, 6.45) is 0.633. The Kier molecular flexibility index (Phi) is 4.89. The lowest BCUT2D eigenvalue weighted by Gasteiger charge is -2.43. The van der Waals surface area contributed by atoms with Crippen molar-refractivity contribution in [3.63, 3.8) is 0 Å². The van der Waals surface area contributed by atoms with Crippen molar-refractivity contribution in [1.29, 1.82) is 0 Å². The van der Waals surface area contributed by atoms with Gasteiger partial charge in [-0.1, -0.05) is 43.3 Å². The highest BCUT2D eigenvalue weighted by molar-refractivity contribution is 9.11. The minimum atomic E-state index is -1.87. The number of hydrogen-bond acceptors (Lipinski definition) is 3. The molecule has 1 saturated carbocycles. The van der Waals surface area contributed by atoms with E-state index in [4.69, 9.17) is 13.9 Å². The summed E-state index contributed by atoms with van der Waals surface area (Å²) in [7, 11) is -1.87. The Morgan fingerprint density at radius 2 is 1.91 bits per heavy atom. The number of ether oxygens (including phenoxy) is 2. The van der Waals surface area contributed by atoms with Crippen molar-refractivity contribution in [3.8, 4) is 0 Å². The summed E-state index contributed by atoms with van der Waals surface area (Å²) in [6, 6.07) is 0. The van der Waals surface area contributed by atoms with Crippen LogP contribution in [0.25, 0.3) is 0 Å². The summed E-state index contributed by atoms with van der Waals surface area (Å²) >= 11 is 3.46. The normalized spacial score (nSPS) is 34.1. The lowest BCUT2D eigenvalue weighted by atomic mass is 9.85. The van der Waals surface area contributed by atoms with E-state index < -0.39 is 14.1 Å². The van der Waals surface area contributed by atoms with E-state index in [0.29, 0.717) is 0 Å². The highest BCUT2D eigenvalue weighted by atomic mass is 79.9. The largest absolute Gasteiger partial charge is 0.411 e. The van der Waals surface area contributed by atoms with Gasteiger partial charge in [-0.25, -0.2) is 0 Å². The Bertz CT molecular complexity index is 491. The van der Waals surface area contributed by atoms with E-state index in [9.17, 15) is 0 Å². The highest BCUT2D eigenvalue weighted by Crippen LogP contribution is 2.45. The van der Waals surface area contributed by atoms with Crippen LogP contribution in [0.15, 0.2) is 22.7 Å². The van der Waals surface area contributed by atoms with Crippen molar-refractivity contribution in [3.05, 3.63) is 22.7 Å². The van der Waals surface area contributed by atoms with Gasteiger partial charge in [0.1, 0.15) is 12.2 Å². The molecule has 0 radical (unpaired) electrons. The zero-order valence-electron chi connectivity index (χ0n) is 14.8. The summed E-state index contributed by atoms with van der Waals surface area (Å²) in [5.74, 6) is -0.588. The van der Waals surface area contributed by atoms with Gasteiger partial charge in [0, 0.05) is 6.42 Å². The second kappa shape index (κ2) is 5.85. The van der Waals surface area contributed by atoms with E-state index >= 15 is 0 Å². The van der Waals surface area contributed by atoms with Crippen LogP contribution in [0.5, 0.6) is 0 Å². The van der Waals surface area contributed by atoms with Gasteiger partial charge in [-0.2, -0.15) is 0 Å². The lowest BCUT2D eigenvalue weighted by molar-refractivity contribution is -0.151. The van der Waals surface area contributed by atoms with Gasteiger partial charge in [0.05, 0.1) is 6.10 Å². The van der Waals surface area contributed by atoms with Gasteiger partial charge in [0.2, 0.25) is 0 Å². The number of fused-ring (bicyclic) bond motifs is 1. The van der Waals surface area contributed by atoms with Crippen LogP contribution in [0.1, 0.15) is 41.0 Å². The van der Waals surface area contributed by atoms with Crippen LogP contribution in [0.2, 0.25) is 18.1 Å². The van der Waals surface area contributed by atoms with E-state index in [2.05, 4.69) is 56.4 Å². The third kappa shape index (κ3) is 3.43. The Morgan fingerprint density at radius 3 is 2.41 bits per heavy atom. The Balaban J connectivity index is 2.29. The van der Waals surface area contributed by atoms with Gasteiger partial charge < -0.3 is 13.9 Å². The SMILES string of the molecule is C=C1/C(=C/Br)C[C@@H](O[Si](C)(C)C(C)(C)C)[C@@H]2OC(C)(C)O[C@H]12. The average Bonchev–Trinajstić information content (AvgIpc) is 2.67. The minimum Gasteiger partial charge on any atom is -0.411 e. The third-order valence-electron chi connectivity index (χ3n) is 5.06. The molecular weight excluding hydrogens is 360 g/mol. The molecule has 5 heteroatoms. The second-order valence-corrected chi connectivity index (χ2v) is 13.5. The molecule has 2 aliphatic rings. The number of halogens is 1. The molecule has 0 bridgehead atoms. The molecule has 0 N–H and O–H groups in total. The van der Waals surface area contributed by atoms with E-state index in [1.54, 1.807) is 0 Å². The first kappa shape index (κ1) is 18.4. The summed E-state index contributed by atoms with van der Waals surface area (Å²) in [6.45, 7) is 19.5. The number of rotatable bonds is 2. The minimum absolute atomic E-state index is 0.0157. The van der Waals surface area contributed by atoms with Crippen molar-refractivity contribution >= 4 is 24.2 Å².